The van der Waals surface area contributed by atoms with Crippen LogP contribution in [0.2, 0.25) is 5.02 Å². The molecule has 2 aromatic rings. The van der Waals surface area contributed by atoms with Crippen LogP contribution in [0.5, 0.6) is 0 Å². The molecule has 1 aromatic carbocycles. The number of carbonyl (C=O) groups excluding carboxylic acids is 2. The summed E-state index contributed by atoms with van der Waals surface area (Å²) in [6.45, 7) is 1.94. The van der Waals surface area contributed by atoms with Crippen LogP contribution in [0, 0.1) is 0 Å². The Morgan fingerprint density at radius 3 is 3.00 bits per heavy atom. The number of thioether (sulfide) groups is 1. The number of halogens is 1. The second-order valence-electron chi connectivity index (χ2n) is 5.24. The van der Waals surface area contributed by atoms with Gasteiger partial charge in [0, 0.05) is 21.2 Å². The molecular formula is C16H15ClN2O2S2. The normalized spacial score (nSPS) is 18.0. The minimum Gasteiger partial charge on any atom is -0.349 e. The molecule has 0 saturated heterocycles. The van der Waals surface area contributed by atoms with Crippen molar-refractivity contribution in [3.8, 4) is 0 Å². The molecular weight excluding hydrogens is 352 g/mol. The summed E-state index contributed by atoms with van der Waals surface area (Å²) in [4.78, 5) is 26.4. The third-order valence-corrected chi connectivity index (χ3v) is 6.04. The van der Waals surface area contributed by atoms with Gasteiger partial charge in [0.15, 0.2) is 0 Å². The topological polar surface area (TPSA) is 58.2 Å². The summed E-state index contributed by atoms with van der Waals surface area (Å²) >= 11 is 8.93. The summed E-state index contributed by atoms with van der Waals surface area (Å²) in [5.41, 5.74) is 0.705. The van der Waals surface area contributed by atoms with E-state index in [4.69, 9.17) is 11.6 Å². The molecule has 2 N–H and O–H groups in total. The summed E-state index contributed by atoms with van der Waals surface area (Å²) in [7, 11) is 0. The lowest BCUT2D eigenvalue weighted by Gasteiger charge is -2.24. The Morgan fingerprint density at radius 1 is 1.43 bits per heavy atom. The number of nitrogens with one attached hydrogen (secondary N) is 2. The Balaban J connectivity index is 1.63. The highest BCUT2D eigenvalue weighted by Crippen LogP contribution is 2.38. The van der Waals surface area contributed by atoms with Gasteiger partial charge in [0.05, 0.1) is 17.0 Å². The van der Waals surface area contributed by atoms with Crippen LogP contribution < -0.4 is 10.6 Å². The van der Waals surface area contributed by atoms with Crippen LogP contribution in [-0.2, 0) is 9.59 Å². The highest BCUT2D eigenvalue weighted by Gasteiger charge is 2.29. The van der Waals surface area contributed by atoms with Crippen molar-refractivity contribution in [2.75, 3.05) is 5.32 Å². The van der Waals surface area contributed by atoms with Gasteiger partial charge < -0.3 is 10.6 Å². The summed E-state index contributed by atoms with van der Waals surface area (Å²) in [5.74, 6) is -0.292. The van der Waals surface area contributed by atoms with Gasteiger partial charge in [0.2, 0.25) is 11.8 Å². The fourth-order valence-corrected chi connectivity index (χ4v) is 4.33. The molecule has 120 valence electrons. The smallest absolute Gasteiger partial charge is 0.238 e. The van der Waals surface area contributed by atoms with Crippen molar-refractivity contribution < 1.29 is 9.59 Å². The SMILES string of the molecule is C[C@H](NC(=O)C[C@@H]1Sc2ccc(Cl)cc2NC1=O)c1cccs1. The second-order valence-corrected chi connectivity index (χ2v) is 7.91. The minimum atomic E-state index is -0.431. The first kappa shape index (κ1) is 16.4. The fourth-order valence-electron chi connectivity index (χ4n) is 2.33. The predicted octanol–water partition coefficient (Wildman–Crippen LogP) is 4.08. The standard InChI is InChI=1S/C16H15ClN2O2S2/c1-9(12-3-2-6-22-12)18-15(20)8-14-16(21)19-11-7-10(17)4-5-13(11)23-14/h2-7,9,14H,8H2,1H3,(H,18,20)(H,19,21)/t9-,14-/m0/s1. The summed E-state index contributed by atoms with van der Waals surface area (Å²) in [6, 6.07) is 9.25. The second kappa shape index (κ2) is 6.95. The molecule has 0 spiro atoms. The van der Waals surface area contributed by atoms with E-state index in [1.54, 1.807) is 23.5 Å². The van der Waals surface area contributed by atoms with Crippen LogP contribution in [0.15, 0.2) is 40.6 Å². The Kier molecular flexibility index (Phi) is 4.94. The number of rotatable bonds is 4. The van der Waals surface area contributed by atoms with Gasteiger partial charge in [-0.05, 0) is 36.6 Å². The molecule has 1 aromatic heterocycles. The van der Waals surface area contributed by atoms with E-state index in [9.17, 15) is 9.59 Å². The van der Waals surface area contributed by atoms with Crippen molar-refractivity contribution in [3.63, 3.8) is 0 Å². The van der Waals surface area contributed by atoms with Gasteiger partial charge in [-0.2, -0.15) is 0 Å². The highest BCUT2D eigenvalue weighted by molar-refractivity contribution is 8.01. The van der Waals surface area contributed by atoms with Gasteiger partial charge in [-0.15, -0.1) is 23.1 Å². The molecule has 0 bridgehead atoms. The lowest BCUT2D eigenvalue weighted by atomic mass is 10.2. The third-order valence-electron chi connectivity index (χ3n) is 3.48. The van der Waals surface area contributed by atoms with E-state index in [0.29, 0.717) is 10.7 Å². The van der Waals surface area contributed by atoms with Gasteiger partial charge in [0.25, 0.3) is 0 Å². The molecule has 1 aliphatic rings. The van der Waals surface area contributed by atoms with Crippen LogP contribution >= 0.6 is 34.7 Å². The summed E-state index contributed by atoms with van der Waals surface area (Å²) in [5, 5.41) is 7.88. The Hall–Kier alpha value is -1.50. The lowest BCUT2D eigenvalue weighted by Crippen LogP contribution is -2.35. The maximum atomic E-state index is 12.2. The van der Waals surface area contributed by atoms with Crippen molar-refractivity contribution in [3.05, 3.63) is 45.6 Å². The Bertz CT molecular complexity index is 734. The van der Waals surface area contributed by atoms with Crippen molar-refractivity contribution in [2.24, 2.45) is 0 Å². The first-order valence-corrected chi connectivity index (χ1v) is 9.26. The zero-order chi connectivity index (χ0) is 16.4. The van der Waals surface area contributed by atoms with Crippen molar-refractivity contribution in [1.29, 1.82) is 0 Å². The van der Waals surface area contributed by atoms with E-state index >= 15 is 0 Å². The van der Waals surface area contributed by atoms with Gasteiger partial charge in [-0.3, -0.25) is 9.59 Å². The molecule has 2 heterocycles. The van der Waals surface area contributed by atoms with E-state index in [1.165, 1.54) is 11.8 Å². The van der Waals surface area contributed by atoms with Crippen molar-refractivity contribution in [2.45, 2.75) is 29.5 Å². The molecule has 2 amide bonds. The molecule has 1 aliphatic heterocycles. The van der Waals surface area contributed by atoms with E-state index in [1.807, 2.05) is 30.5 Å². The van der Waals surface area contributed by atoms with Crippen LogP contribution in [0.1, 0.15) is 24.3 Å². The van der Waals surface area contributed by atoms with E-state index in [-0.39, 0.29) is 24.3 Å². The lowest BCUT2D eigenvalue weighted by molar-refractivity contribution is -0.124. The quantitative estimate of drug-likeness (QED) is 0.857. The van der Waals surface area contributed by atoms with E-state index in [0.717, 1.165) is 9.77 Å². The number of thiophene rings is 1. The molecule has 2 atom stereocenters. The molecule has 0 unspecified atom stereocenters. The fraction of sp³-hybridized carbons (Fsp3) is 0.250. The average molecular weight is 367 g/mol. The zero-order valence-electron chi connectivity index (χ0n) is 12.3. The highest BCUT2D eigenvalue weighted by atomic mass is 35.5. The molecule has 0 radical (unpaired) electrons. The van der Waals surface area contributed by atoms with Gasteiger partial charge in [-0.1, -0.05) is 17.7 Å². The minimum absolute atomic E-state index is 0.0507. The van der Waals surface area contributed by atoms with E-state index < -0.39 is 5.25 Å². The number of hydrogen-bond acceptors (Lipinski definition) is 4. The van der Waals surface area contributed by atoms with Crippen LogP contribution in [0.25, 0.3) is 0 Å². The number of benzene rings is 1. The van der Waals surface area contributed by atoms with Gasteiger partial charge in [0.1, 0.15) is 0 Å². The summed E-state index contributed by atoms with van der Waals surface area (Å²) < 4.78 is 0. The first-order valence-electron chi connectivity index (χ1n) is 7.13. The first-order chi connectivity index (χ1) is 11.0. The van der Waals surface area contributed by atoms with Gasteiger partial charge >= 0.3 is 0 Å². The molecule has 23 heavy (non-hydrogen) atoms. The third kappa shape index (κ3) is 3.88. The largest absolute Gasteiger partial charge is 0.349 e. The van der Waals surface area contributed by atoms with E-state index in [2.05, 4.69) is 10.6 Å². The Labute approximate surface area is 147 Å². The number of anilines is 1. The van der Waals surface area contributed by atoms with Gasteiger partial charge in [-0.25, -0.2) is 0 Å². The average Bonchev–Trinajstić information content (AvgIpc) is 3.02. The molecule has 0 aliphatic carbocycles. The number of amides is 2. The monoisotopic (exact) mass is 366 g/mol. The van der Waals surface area contributed by atoms with Crippen LogP contribution in [-0.4, -0.2) is 17.1 Å². The molecule has 4 nitrogen and oxygen atoms in total. The summed E-state index contributed by atoms with van der Waals surface area (Å²) in [6.07, 6.45) is 0.147. The van der Waals surface area contributed by atoms with Crippen LogP contribution in [0.3, 0.4) is 0 Å². The number of fused-ring (bicyclic) bond motifs is 1. The molecule has 7 heteroatoms. The van der Waals surface area contributed by atoms with Crippen LogP contribution in [0.4, 0.5) is 5.69 Å². The molecule has 3 rings (SSSR count). The number of hydrogen-bond donors (Lipinski definition) is 2. The number of carbonyl (C=O) groups is 2. The zero-order valence-corrected chi connectivity index (χ0v) is 14.7. The Morgan fingerprint density at radius 2 is 2.26 bits per heavy atom. The van der Waals surface area contributed by atoms with Crippen molar-refractivity contribution in [1.82, 2.24) is 5.32 Å². The van der Waals surface area contributed by atoms with Crippen molar-refractivity contribution >= 4 is 52.2 Å². The predicted molar refractivity (Wildman–Crippen MR) is 95.2 cm³/mol. The maximum Gasteiger partial charge on any atom is 0.238 e. The molecule has 0 saturated carbocycles. The molecule has 0 fully saturated rings. The maximum absolute atomic E-state index is 12.2.